The normalized spacial score (nSPS) is 10.1. The standard InChI is InChI=1S/C15H12ClFN2O3/c16-10-6-5-9(7-12(10)18)15(21)22-8-14(20)19-13-4-2-1-3-11(13)17/h1-7H,8,18H2,(H,19,20). The molecule has 2 aromatic rings. The maximum absolute atomic E-state index is 13.3. The van der Waals surface area contributed by atoms with E-state index in [1.54, 1.807) is 6.07 Å². The number of nitrogens with two attached hydrogens (primary N) is 1. The summed E-state index contributed by atoms with van der Waals surface area (Å²) in [7, 11) is 0. The number of nitrogen functional groups attached to an aromatic ring is 1. The zero-order valence-corrected chi connectivity index (χ0v) is 12.1. The van der Waals surface area contributed by atoms with E-state index in [2.05, 4.69) is 5.32 Å². The third kappa shape index (κ3) is 3.95. The molecular formula is C15H12ClFN2O3. The molecule has 5 nitrogen and oxygen atoms in total. The Morgan fingerprint density at radius 2 is 1.95 bits per heavy atom. The molecule has 2 aromatic carbocycles. The number of hydrogen-bond donors (Lipinski definition) is 2. The minimum Gasteiger partial charge on any atom is -0.452 e. The van der Waals surface area contributed by atoms with E-state index >= 15 is 0 Å². The average Bonchev–Trinajstić information content (AvgIpc) is 2.50. The van der Waals surface area contributed by atoms with Crippen LogP contribution >= 0.6 is 11.6 Å². The molecule has 0 heterocycles. The molecule has 3 N–H and O–H groups in total. The highest BCUT2D eigenvalue weighted by molar-refractivity contribution is 6.33. The van der Waals surface area contributed by atoms with Gasteiger partial charge in [0.1, 0.15) is 5.82 Å². The molecule has 0 saturated heterocycles. The Labute approximate surface area is 130 Å². The Bertz CT molecular complexity index is 722. The molecule has 0 aliphatic carbocycles. The van der Waals surface area contributed by atoms with Crippen LogP contribution in [-0.2, 0) is 9.53 Å². The Morgan fingerprint density at radius 1 is 1.23 bits per heavy atom. The van der Waals surface area contributed by atoms with Crippen molar-refractivity contribution in [3.63, 3.8) is 0 Å². The SMILES string of the molecule is Nc1cc(C(=O)OCC(=O)Nc2ccccc2F)ccc1Cl. The zero-order valence-electron chi connectivity index (χ0n) is 11.3. The number of para-hydroxylation sites is 1. The summed E-state index contributed by atoms with van der Waals surface area (Å²) in [5.41, 5.74) is 5.98. The highest BCUT2D eigenvalue weighted by Gasteiger charge is 2.12. The highest BCUT2D eigenvalue weighted by atomic mass is 35.5. The molecule has 0 atom stereocenters. The van der Waals surface area contributed by atoms with Crippen LogP contribution in [0.15, 0.2) is 42.5 Å². The van der Waals surface area contributed by atoms with Gasteiger partial charge in [-0.15, -0.1) is 0 Å². The number of carbonyl (C=O) groups is 2. The van der Waals surface area contributed by atoms with Crippen molar-refractivity contribution < 1.29 is 18.7 Å². The van der Waals surface area contributed by atoms with Gasteiger partial charge < -0.3 is 15.8 Å². The summed E-state index contributed by atoms with van der Waals surface area (Å²) in [5.74, 6) is -1.96. The van der Waals surface area contributed by atoms with E-state index in [4.69, 9.17) is 22.1 Å². The predicted octanol–water partition coefficient (Wildman–Crippen LogP) is 2.86. The summed E-state index contributed by atoms with van der Waals surface area (Å²) >= 11 is 5.74. The van der Waals surface area contributed by atoms with Gasteiger partial charge >= 0.3 is 5.97 Å². The number of hydrogen-bond acceptors (Lipinski definition) is 4. The first kappa shape index (κ1) is 15.8. The number of anilines is 2. The number of nitrogens with one attached hydrogen (secondary N) is 1. The fourth-order valence-corrected chi connectivity index (χ4v) is 1.75. The van der Waals surface area contributed by atoms with Crippen molar-refractivity contribution in [2.24, 2.45) is 0 Å². The lowest BCUT2D eigenvalue weighted by Gasteiger charge is -2.08. The van der Waals surface area contributed by atoms with E-state index in [9.17, 15) is 14.0 Å². The monoisotopic (exact) mass is 322 g/mol. The molecule has 0 unspecified atom stereocenters. The summed E-state index contributed by atoms with van der Waals surface area (Å²) < 4.78 is 18.2. The molecule has 22 heavy (non-hydrogen) atoms. The topological polar surface area (TPSA) is 81.4 Å². The molecule has 0 aliphatic heterocycles. The van der Waals surface area contributed by atoms with Crippen molar-refractivity contribution in [1.82, 2.24) is 0 Å². The average molecular weight is 323 g/mol. The van der Waals surface area contributed by atoms with Gasteiger partial charge in [-0.3, -0.25) is 4.79 Å². The number of rotatable bonds is 4. The molecular weight excluding hydrogens is 311 g/mol. The minimum absolute atomic E-state index is 0.0132. The summed E-state index contributed by atoms with van der Waals surface area (Å²) in [6.07, 6.45) is 0. The Hall–Kier alpha value is -2.60. The Morgan fingerprint density at radius 3 is 2.64 bits per heavy atom. The second kappa shape index (κ2) is 6.91. The van der Waals surface area contributed by atoms with Gasteiger partial charge in [0.05, 0.1) is 22.0 Å². The molecule has 0 aliphatic rings. The number of halogens is 2. The van der Waals surface area contributed by atoms with Crippen molar-refractivity contribution in [3.8, 4) is 0 Å². The number of esters is 1. The van der Waals surface area contributed by atoms with E-state index < -0.39 is 24.3 Å². The van der Waals surface area contributed by atoms with Crippen molar-refractivity contribution in [2.75, 3.05) is 17.7 Å². The zero-order chi connectivity index (χ0) is 16.1. The van der Waals surface area contributed by atoms with Crippen LogP contribution in [0.4, 0.5) is 15.8 Å². The summed E-state index contributed by atoms with van der Waals surface area (Å²) in [4.78, 5) is 23.4. The first-order valence-electron chi connectivity index (χ1n) is 6.24. The number of ether oxygens (including phenoxy) is 1. The molecule has 0 aromatic heterocycles. The van der Waals surface area contributed by atoms with E-state index in [1.807, 2.05) is 0 Å². The van der Waals surface area contributed by atoms with Crippen LogP contribution in [0.25, 0.3) is 0 Å². The first-order chi connectivity index (χ1) is 10.5. The van der Waals surface area contributed by atoms with E-state index in [0.717, 1.165) is 0 Å². The highest BCUT2D eigenvalue weighted by Crippen LogP contribution is 2.20. The second-order valence-corrected chi connectivity index (χ2v) is 4.75. The second-order valence-electron chi connectivity index (χ2n) is 4.34. The van der Waals surface area contributed by atoms with Crippen molar-refractivity contribution in [1.29, 1.82) is 0 Å². The summed E-state index contributed by atoms with van der Waals surface area (Å²) in [6.45, 7) is -0.546. The Kier molecular flexibility index (Phi) is 4.95. The van der Waals surface area contributed by atoms with Gasteiger partial charge in [-0.25, -0.2) is 9.18 Å². The predicted molar refractivity (Wildman–Crippen MR) is 81.2 cm³/mol. The van der Waals surface area contributed by atoms with Crippen LogP contribution in [0.1, 0.15) is 10.4 Å². The maximum atomic E-state index is 13.3. The Balaban J connectivity index is 1.92. The van der Waals surface area contributed by atoms with Gasteiger partial charge in [-0.2, -0.15) is 0 Å². The van der Waals surface area contributed by atoms with Crippen LogP contribution < -0.4 is 11.1 Å². The summed E-state index contributed by atoms with van der Waals surface area (Å²) in [6, 6.07) is 9.90. The molecule has 0 radical (unpaired) electrons. The van der Waals surface area contributed by atoms with Crippen molar-refractivity contribution in [2.45, 2.75) is 0 Å². The van der Waals surface area contributed by atoms with Crippen LogP contribution in [-0.4, -0.2) is 18.5 Å². The molecule has 114 valence electrons. The lowest BCUT2D eigenvalue weighted by molar-refractivity contribution is -0.119. The van der Waals surface area contributed by atoms with Crippen LogP contribution in [0, 0.1) is 5.82 Å². The summed E-state index contributed by atoms with van der Waals surface area (Å²) in [5, 5.41) is 2.61. The maximum Gasteiger partial charge on any atom is 0.338 e. The van der Waals surface area contributed by atoms with E-state index in [0.29, 0.717) is 5.02 Å². The van der Waals surface area contributed by atoms with Gasteiger partial charge in [-0.05, 0) is 30.3 Å². The van der Waals surface area contributed by atoms with Gasteiger partial charge in [0.2, 0.25) is 0 Å². The smallest absolute Gasteiger partial charge is 0.338 e. The molecule has 1 amide bonds. The van der Waals surface area contributed by atoms with Crippen LogP contribution in [0.2, 0.25) is 5.02 Å². The molecule has 0 fully saturated rings. The lowest BCUT2D eigenvalue weighted by Crippen LogP contribution is -2.21. The van der Waals surface area contributed by atoms with Gasteiger partial charge in [0, 0.05) is 0 Å². The van der Waals surface area contributed by atoms with Crippen LogP contribution in [0.5, 0.6) is 0 Å². The fourth-order valence-electron chi connectivity index (χ4n) is 1.63. The fraction of sp³-hybridized carbons (Fsp3) is 0.0667. The molecule has 0 saturated carbocycles. The van der Waals surface area contributed by atoms with Crippen molar-refractivity contribution >= 4 is 34.9 Å². The largest absolute Gasteiger partial charge is 0.452 e. The molecule has 0 bridgehead atoms. The van der Waals surface area contributed by atoms with E-state index in [-0.39, 0.29) is 16.9 Å². The molecule has 2 rings (SSSR count). The molecule has 0 spiro atoms. The quantitative estimate of drug-likeness (QED) is 0.670. The van der Waals surface area contributed by atoms with Gasteiger partial charge in [-0.1, -0.05) is 23.7 Å². The van der Waals surface area contributed by atoms with Gasteiger partial charge in [0.25, 0.3) is 5.91 Å². The van der Waals surface area contributed by atoms with E-state index in [1.165, 1.54) is 36.4 Å². The third-order valence-corrected chi connectivity index (χ3v) is 3.06. The first-order valence-corrected chi connectivity index (χ1v) is 6.61. The number of amides is 1. The molecule has 7 heteroatoms. The van der Waals surface area contributed by atoms with Gasteiger partial charge in [0.15, 0.2) is 6.61 Å². The van der Waals surface area contributed by atoms with Crippen molar-refractivity contribution in [3.05, 3.63) is 58.9 Å². The van der Waals surface area contributed by atoms with Crippen LogP contribution in [0.3, 0.4) is 0 Å². The minimum atomic E-state index is -0.730. The number of benzene rings is 2. The lowest BCUT2D eigenvalue weighted by atomic mass is 10.2. The third-order valence-electron chi connectivity index (χ3n) is 2.71. The number of carbonyl (C=O) groups excluding carboxylic acids is 2.